The summed E-state index contributed by atoms with van der Waals surface area (Å²) in [7, 11) is 0. The fourth-order valence-corrected chi connectivity index (χ4v) is 1.69. The van der Waals surface area contributed by atoms with Crippen molar-refractivity contribution in [3.8, 4) is 0 Å². The molecular formula is C14H20ClNO3. The normalized spacial score (nSPS) is 13.9. The van der Waals surface area contributed by atoms with Crippen LogP contribution in [0.5, 0.6) is 0 Å². The monoisotopic (exact) mass is 285 g/mol. The second-order valence-corrected chi connectivity index (χ2v) is 5.42. The third kappa shape index (κ3) is 5.59. The zero-order chi connectivity index (χ0) is 14.5. The molecule has 1 aromatic carbocycles. The van der Waals surface area contributed by atoms with E-state index < -0.39 is 5.60 Å². The van der Waals surface area contributed by atoms with Crippen molar-refractivity contribution in [2.45, 2.75) is 32.3 Å². The molecule has 0 bridgehead atoms. The highest BCUT2D eigenvalue weighted by Gasteiger charge is 2.19. The molecule has 0 radical (unpaired) electrons. The predicted molar refractivity (Wildman–Crippen MR) is 75.2 cm³/mol. The van der Waals surface area contributed by atoms with Crippen molar-refractivity contribution in [3.05, 3.63) is 34.3 Å². The van der Waals surface area contributed by atoms with E-state index in [-0.39, 0.29) is 19.1 Å². The highest BCUT2D eigenvalue weighted by Crippen LogP contribution is 2.17. The molecule has 4 nitrogen and oxygen atoms in total. The quantitative estimate of drug-likeness (QED) is 0.741. The maximum absolute atomic E-state index is 11.6. The average Bonchev–Trinajstić information content (AvgIpc) is 2.38. The Labute approximate surface area is 118 Å². The molecule has 1 amide bonds. The Morgan fingerprint density at radius 3 is 2.74 bits per heavy atom. The Morgan fingerprint density at radius 1 is 1.47 bits per heavy atom. The number of benzene rings is 1. The van der Waals surface area contributed by atoms with Crippen LogP contribution in [0.25, 0.3) is 0 Å². The van der Waals surface area contributed by atoms with E-state index in [1.165, 1.54) is 6.92 Å². The first kappa shape index (κ1) is 16.0. The van der Waals surface area contributed by atoms with Gasteiger partial charge >= 0.3 is 0 Å². The summed E-state index contributed by atoms with van der Waals surface area (Å²) in [5.74, 6) is -0.162. The van der Waals surface area contributed by atoms with E-state index in [0.29, 0.717) is 17.9 Å². The van der Waals surface area contributed by atoms with Gasteiger partial charge in [0.1, 0.15) is 5.60 Å². The third-order valence-corrected chi connectivity index (χ3v) is 3.29. The molecule has 0 heterocycles. The van der Waals surface area contributed by atoms with Gasteiger partial charge in [-0.05, 0) is 37.5 Å². The topological polar surface area (TPSA) is 69.6 Å². The summed E-state index contributed by atoms with van der Waals surface area (Å²) in [6.07, 6.45) is 0.911. The van der Waals surface area contributed by atoms with Crippen molar-refractivity contribution >= 4 is 17.5 Å². The van der Waals surface area contributed by atoms with Crippen LogP contribution in [0.2, 0.25) is 5.02 Å². The molecule has 0 fully saturated rings. The standard InChI is InChI=1S/C14H20ClNO3/c1-10-3-4-11(7-12(10)15)5-6-13(18)16-8-14(2,19)9-17/h3-4,7,17,19H,5-6,8-9H2,1-2H3,(H,16,18). The van der Waals surface area contributed by atoms with E-state index in [4.69, 9.17) is 16.7 Å². The minimum absolute atomic E-state index is 0.0387. The SMILES string of the molecule is Cc1ccc(CCC(=O)NCC(C)(O)CO)cc1Cl. The maximum atomic E-state index is 11.6. The zero-order valence-corrected chi connectivity index (χ0v) is 12.0. The van der Waals surface area contributed by atoms with Gasteiger partial charge < -0.3 is 15.5 Å². The van der Waals surface area contributed by atoms with Gasteiger partial charge in [-0.2, -0.15) is 0 Å². The molecule has 0 aromatic heterocycles. The maximum Gasteiger partial charge on any atom is 0.220 e. The molecule has 0 saturated heterocycles. The summed E-state index contributed by atoms with van der Waals surface area (Å²) < 4.78 is 0. The van der Waals surface area contributed by atoms with E-state index in [1.54, 1.807) is 0 Å². The van der Waals surface area contributed by atoms with E-state index in [0.717, 1.165) is 11.1 Å². The van der Waals surface area contributed by atoms with Gasteiger partial charge in [-0.25, -0.2) is 0 Å². The molecule has 3 N–H and O–H groups in total. The van der Waals surface area contributed by atoms with Crippen LogP contribution in [0.1, 0.15) is 24.5 Å². The highest BCUT2D eigenvalue weighted by molar-refractivity contribution is 6.31. The fourth-order valence-electron chi connectivity index (χ4n) is 1.48. The summed E-state index contributed by atoms with van der Waals surface area (Å²) >= 11 is 6.01. The molecule has 1 unspecified atom stereocenters. The number of nitrogens with one attached hydrogen (secondary N) is 1. The molecule has 1 atom stereocenters. The Morgan fingerprint density at radius 2 is 2.16 bits per heavy atom. The molecular weight excluding hydrogens is 266 g/mol. The summed E-state index contributed by atoms with van der Waals surface area (Å²) in [6.45, 7) is 3.04. The summed E-state index contributed by atoms with van der Waals surface area (Å²) in [5.41, 5.74) is 0.733. The Hall–Kier alpha value is -1.10. The van der Waals surface area contributed by atoms with Gasteiger partial charge in [-0.15, -0.1) is 0 Å². The van der Waals surface area contributed by atoms with Gasteiger partial charge in [0.05, 0.1) is 6.61 Å². The number of carbonyl (C=O) groups is 1. The van der Waals surface area contributed by atoms with Crippen molar-refractivity contribution in [2.24, 2.45) is 0 Å². The molecule has 1 rings (SSSR count). The second kappa shape index (κ2) is 6.89. The van der Waals surface area contributed by atoms with Gasteiger partial charge in [-0.3, -0.25) is 4.79 Å². The Bertz CT molecular complexity index is 446. The number of amides is 1. The Balaban J connectivity index is 2.40. The number of hydrogen-bond acceptors (Lipinski definition) is 3. The van der Waals surface area contributed by atoms with Gasteiger partial charge in [0.2, 0.25) is 5.91 Å². The number of halogens is 1. The van der Waals surface area contributed by atoms with Crippen LogP contribution >= 0.6 is 11.6 Å². The van der Waals surface area contributed by atoms with Crippen molar-refractivity contribution < 1.29 is 15.0 Å². The van der Waals surface area contributed by atoms with Crippen LogP contribution < -0.4 is 5.32 Å². The van der Waals surface area contributed by atoms with E-state index in [9.17, 15) is 9.90 Å². The highest BCUT2D eigenvalue weighted by atomic mass is 35.5. The van der Waals surface area contributed by atoms with Gasteiger partial charge in [0.15, 0.2) is 0 Å². The number of hydrogen-bond donors (Lipinski definition) is 3. The van der Waals surface area contributed by atoms with Gasteiger partial charge in [-0.1, -0.05) is 23.7 Å². The van der Waals surface area contributed by atoms with E-state index in [2.05, 4.69) is 5.32 Å². The molecule has 106 valence electrons. The van der Waals surface area contributed by atoms with Crippen LogP contribution in [-0.2, 0) is 11.2 Å². The number of rotatable bonds is 6. The van der Waals surface area contributed by atoms with E-state index in [1.807, 2.05) is 25.1 Å². The minimum Gasteiger partial charge on any atom is -0.393 e. The summed E-state index contributed by atoms with van der Waals surface area (Å²) in [4.78, 5) is 11.6. The van der Waals surface area contributed by atoms with Crippen molar-refractivity contribution in [1.82, 2.24) is 5.32 Å². The fraction of sp³-hybridized carbons (Fsp3) is 0.500. The van der Waals surface area contributed by atoms with Crippen LogP contribution in [0.3, 0.4) is 0 Å². The third-order valence-electron chi connectivity index (χ3n) is 2.88. The minimum atomic E-state index is -1.27. The second-order valence-electron chi connectivity index (χ2n) is 5.02. The number of aliphatic hydroxyl groups excluding tert-OH is 1. The first-order valence-corrected chi connectivity index (χ1v) is 6.57. The Kier molecular flexibility index (Phi) is 5.79. The molecule has 5 heteroatoms. The molecule has 0 aliphatic rings. The summed E-state index contributed by atoms with van der Waals surface area (Å²) in [5, 5.41) is 21.7. The number of aliphatic hydroxyl groups is 2. The van der Waals surface area contributed by atoms with E-state index >= 15 is 0 Å². The molecule has 0 saturated carbocycles. The lowest BCUT2D eigenvalue weighted by Gasteiger charge is -2.20. The van der Waals surface area contributed by atoms with Crippen molar-refractivity contribution in [1.29, 1.82) is 0 Å². The van der Waals surface area contributed by atoms with Crippen LogP contribution in [-0.4, -0.2) is 34.9 Å². The number of carbonyl (C=O) groups excluding carboxylic acids is 1. The lowest BCUT2D eigenvalue weighted by Crippen LogP contribution is -2.43. The first-order chi connectivity index (χ1) is 8.84. The largest absolute Gasteiger partial charge is 0.393 e. The molecule has 0 spiro atoms. The first-order valence-electron chi connectivity index (χ1n) is 6.19. The molecule has 0 aliphatic carbocycles. The predicted octanol–water partition coefficient (Wildman–Crippen LogP) is 1.44. The molecule has 0 aliphatic heterocycles. The lowest BCUT2D eigenvalue weighted by atomic mass is 10.1. The summed E-state index contributed by atoms with van der Waals surface area (Å²) in [6, 6.07) is 5.72. The lowest BCUT2D eigenvalue weighted by molar-refractivity contribution is -0.122. The molecule has 1 aromatic rings. The van der Waals surface area contributed by atoms with Crippen LogP contribution in [0, 0.1) is 6.92 Å². The van der Waals surface area contributed by atoms with Gasteiger partial charge in [0.25, 0.3) is 0 Å². The van der Waals surface area contributed by atoms with Gasteiger partial charge in [0, 0.05) is 18.0 Å². The zero-order valence-electron chi connectivity index (χ0n) is 11.2. The number of aryl methyl sites for hydroxylation is 2. The average molecular weight is 286 g/mol. The van der Waals surface area contributed by atoms with Crippen molar-refractivity contribution in [2.75, 3.05) is 13.2 Å². The van der Waals surface area contributed by atoms with Crippen LogP contribution in [0.15, 0.2) is 18.2 Å². The smallest absolute Gasteiger partial charge is 0.220 e. The van der Waals surface area contributed by atoms with Crippen molar-refractivity contribution in [3.63, 3.8) is 0 Å². The van der Waals surface area contributed by atoms with Crippen LogP contribution in [0.4, 0.5) is 0 Å². The molecule has 19 heavy (non-hydrogen) atoms.